The number of aromatic nitrogens is 1. The molecule has 1 aromatic heterocycles. The van der Waals surface area contributed by atoms with Gasteiger partial charge in [-0.05, 0) is 31.0 Å². The molecule has 2 aromatic rings. The highest BCUT2D eigenvalue weighted by molar-refractivity contribution is 6.05. The first-order chi connectivity index (χ1) is 9.15. The smallest absolute Gasteiger partial charge is 0.261 e. The Balaban J connectivity index is 2.23. The molecule has 2 rings (SSSR count). The van der Waals surface area contributed by atoms with Crippen molar-refractivity contribution >= 4 is 11.6 Å². The van der Waals surface area contributed by atoms with E-state index in [4.69, 9.17) is 4.52 Å². The van der Waals surface area contributed by atoms with Crippen LogP contribution < -0.4 is 5.32 Å². The Morgan fingerprint density at radius 1 is 1.32 bits per heavy atom. The van der Waals surface area contributed by atoms with E-state index >= 15 is 0 Å². The molecule has 0 aliphatic rings. The van der Waals surface area contributed by atoms with E-state index in [0.717, 1.165) is 12.1 Å². The third-order valence-corrected chi connectivity index (χ3v) is 3.07. The lowest BCUT2D eigenvalue weighted by atomic mass is 10.1. The van der Waals surface area contributed by atoms with Crippen molar-refractivity contribution < 1.29 is 9.32 Å². The summed E-state index contributed by atoms with van der Waals surface area (Å²) in [6, 6.07) is 7.84. The van der Waals surface area contributed by atoms with Crippen LogP contribution in [0.4, 0.5) is 5.69 Å². The lowest BCUT2D eigenvalue weighted by Crippen LogP contribution is -2.14. The molecule has 1 amide bonds. The number of amides is 1. The summed E-state index contributed by atoms with van der Waals surface area (Å²) in [4.78, 5) is 12.3. The molecule has 0 saturated carbocycles. The average molecular weight is 258 g/mol. The lowest BCUT2D eigenvalue weighted by molar-refractivity contribution is 0.102. The Hall–Kier alpha value is -2.10. The van der Waals surface area contributed by atoms with Crippen molar-refractivity contribution in [1.82, 2.24) is 5.16 Å². The molecule has 0 atom stereocenters. The van der Waals surface area contributed by atoms with Gasteiger partial charge in [-0.1, -0.05) is 31.1 Å². The van der Waals surface area contributed by atoms with Gasteiger partial charge in [-0.15, -0.1) is 0 Å². The summed E-state index contributed by atoms with van der Waals surface area (Å²) in [7, 11) is 0. The second kappa shape index (κ2) is 5.69. The molecule has 0 saturated heterocycles. The maximum atomic E-state index is 12.3. The van der Waals surface area contributed by atoms with Crippen LogP contribution in [0.2, 0.25) is 0 Å². The quantitative estimate of drug-likeness (QED) is 0.914. The van der Waals surface area contributed by atoms with E-state index in [0.29, 0.717) is 23.4 Å². The van der Waals surface area contributed by atoms with Gasteiger partial charge < -0.3 is 9.84 Å². The fraction of sp³-hybridized carbons (Fsp3) is 0.333. The van der Waals surface area contributed by atoms with Crippen LogP contribution in [0.1, 0.15) is 41.2 Å². The number of rotatable bonds is 4. The van der Waals surface area contributed by atoms with Crippen LogP contribution in [0.3, 0.4) is 0 Å². The molecule has 0 spiro atoms. The summed E-state index contributed by atoms with van der Waals surface area (Å²) < 4.78 is 5.14. The zero-order chi connectivity index (χ0) is 13.8. The second-order valence-corrected chi connectivity index (χ2v) is 4.43. The number of carbonyl (C=O) groups excluding carboxylic acids is 1. The van der Waals surface area contributed by atoms with Gasteiger partial charge >= 0.3 is 0 Å². The van der Waals surface area contributed by atoms with Crippen molar-refractivity contribution in [2.75, 3.05) is 5.32 Å². The van der Waals surface area contributed by atoms with Gasteiger partial charge in [-0.3, -0.25) is 4.79 Å². The van der Waals surface area contributed by atoms with Gasteiger partial charge in [-0.25, -0.2) is 0 Å². The number of benzene rings is 1. The molecule has 0 fully saturated rings. The molecule has 4 nitrogen and oxygen atoms in total. The number of hydrogen-bond acceptors (Lipinski definition) is 3. The molecular weight excluding hydrogens is 240 g/mol. The van der Waals surface area contributed by atoms with E-state index in [9.17, 15) is 4.79 Å². The summed E-state index contributed by atoms with van der Waals surface area (Å²) in [6.45, 7) is 5.80. The highest BCUT2D eigenvalue weighted by Gasteiger charge is 2.19. The van der Waals surface area contributed by atoms with Crippen LogP contribution in [0.25, 0.3) is 0 Å². The summed E-state index contributed by atoms with van der Waals surface area (Å²) in [5.41, 5.74) is 3.16. The Morgan fingerprint density at radius 2 is 2.11 bits per heavy atom. The minimum absolute atomic E-state index is 0.163. The van der Waals surface area contributed by atoms with Crippen LogP contribution in [0, 0.1) is 6.92 Å². The van der Waals surface area contributed by atoms with Gasteiger partial charge in [-0.2, -0.15) is 0 Å². The lowest BCUT2D eigenvalue weighted by Gasteiger charge is -2.06. The summed E-state index contributed by atoms with van der Waals surface area (Å²) >= 11 is 0. The number of hydrogen-bond donors (Lipinski definition) is 1. The molecule has 0 bridgehead atoms. The summed E-state index contributed by atoms with van der Waals surface area (Å²) in [6.07, 6.45) is 1.59. The Bertz CT molecular complexity index is 588. The largest absolute Gasteiger partial charge is 0.360 e. The van der Waals surface area contributed by atoms with Crippen molar-refractivity contribution in [2.45, 2.75) is 33.6 Å². The van der Waals surface area contributed by atoms with Gasteiger partial charge in [0.2, 0.25) is 0 Å². The molecule has 1 heterocycles. The molecule has 0 radical (unpaired) electrons. The maximum absolute atomic E-state index is 12.3. The van der Waals surface area contributed by atoms with Gasteiger partial charge in [0.15, 0.2) is 0 Å². The second-order valence-electron chi connectivity index (χ2n) is 4.43. The number of carbonyl (C=O) groups is 1. The van der Waals surface area contributed by atoms with E-state index in [2.05, 4.69) is 17.4 Å². The first-order valence-corrected chi connectivity index (χ1v) is 6.51. The van der Waals surface area contributed by atoms with Crippen LogP contribution >= 0.6 is 0 Å². The van der Waals surface area contributed by atoms with Crippen molar-refractivity contribution in [3.05, 3.63) is 46.8 Å². The monoisotopic (exact) mass is 258 g/mol. The number of nitrogens with zero attached hydrogens (tertiary/aromatic N) is 1. The fourth-order valence-electron chi connectivity index (χ4n) is 2.01. The number of aryl methyl sites for hydroxylation is 3. The highest BCUT2D eigenvalue weighted by atomic mass is 16.5. The molecule has 0 aliphatic heterocycles. The molecule has 0 aliphatic carbocycles. The van der Waals surface area contributed by atoms with E-state index in [1.807, 2.05) is 31.2 Å². The van der Waals surface area contributed by atoms with Gasteiger partial charge in [0.1, 0.15) is 11.3 Å². The van der Waals surface area contributed by atoms with Crippen LogP contribution in [0.15, 0.2) is 28.8 Å². The predicted octanol–water partition coefficient (Wildman–Crippen LogP) is 3.36. The Kier molecular flexibility index (Phi) is 4.00. The maximum Gasteiger partial charge on any atom is 0.261 e. The average Bonchev–Trinajstić information content (AvgIpc) is 2.80. The molecule has 4 heteroatoms. The van der Waals surface area contributed by atoms with Crippen LogP contribution in [0.5, 0.6) is 0 Å². The summed E-state index contributed by atoms with van der Waals surface area (Å²) in [5, 5.41) is 6.74. The van der Waals surface area contributed by atoms with Gasteiger partial charge in [0.25, 0.3) is 5.91 Å². The molecule has 1 aromatic carbocycles. The molecule has 1 N–H and O–H groups in total. The third kappa shape index (κ3) is 2.84. The van der Waals surface area contributed by atoms with Crippen LogP contribution in [-0.2, 0) is 12.8 Å². The van der Waals surface area contributed by atoms with Crippen molar-refractivity contribution in [1.29, 1.82) is 0 Å². The third-order valence-electron chi connectivity index (χ3n) is 3.07. The first-order valence-electron chi connectivity index (χ1n) is 6.51. The Morgan fingerprint density at radius 3 is 2.79 bits per heavy atom. The molecular formula is C15H18N2O2. The standard InChI is InChI=1S/C15H18N2O2/c1-4-11-7-6-8-12(9-11)16-15(18)14-10(3)17-19-13(14)5-2/h6-9H,4-5H2,1-3H3,(H,16,18). The van der Waals surface area contributed by atoms with Gasteiger partial charge in [0.05, 0.1) is 5.69 Å². The van der Waals surface area contributed by atoms with E-state index in [1.165, 1.54) is 5.56 Å². The van der Waals surface area contributed by atoms with Crippen molar-refractivity contribution in [3.63, 3.8) is 0 Å². The molecule has 19 heavy (non-hydrogen) atoms. The molecule has 0 unspecified atom stereocenters. The minimum Gasteiger partial charge on any atom is -0.360 e. The van der Waals surface area contributed by atoms with Crippen molar-refractivity contribution in [2.24, 2.45) is 0 Å². The predicted molar refractivity (Wildman–Crippen MR) is 74.4 cm³/mol. The minimum atomic E-state index is -0.163. The van der Waals surface area contributed by atoms with Crippen molar-refractivity contribution in [3.8, 4) is 0 Å². The first kappa shape index (κ1) is 13.3. The topological polar surface area (TPSA) is 55.1 Å². The fourth-order valence-corrected chi connectivity index (χ4v) is 2.01. The zero-order valence-corrected chi connectivity index (χ0v) is 11.5. The SMILES string of the molecule is CCc1cccc(NC(=O)c2c(C)noc2CC)c1. The Labute approximate surface area is 112 Å². The normalized spacial score (nSPS) is 10.5. The van der Waals surface area contributed by atoms with Gasteiger partial charge in [0, 0.05) is 12.1 Å². The van der Waals surface area contributed by atoms with Crippen LogP contribution in [-0.4, -0.2) is 11.1 Å². The highest BCUT2D eigenvalue weighted by Crippen LogP contribution is 2.17. The zero-order valence-electron chi connectivity index (χ0n) is 11.5. The summed E-state index contributed by atoms with van der Waals surface area (Å²) in [5.74, 6) is 0.463. The van der Waals surface area contributed by atoms with E-state index < -0.39 is 0 Å². The number of anilines is 1. The van der Waals surface area contributed by atoms with E-state index in [1.54, 1.807) is 6.92 Å². The van der Waals surface area contributed by atoms with E-state index in [-0.39, 0.29) is 5.91 Å². The molecule has 100 valence electrons. The number of nitrogens with one attached hydrogen (secondary N) is 1.